The van der Waals surface area contributed by atoms with E-state index in [0.717, 1.165) is 44.2 Å². The Labute approximate surface area is 344 Å². The second-order valence-electron chi connectivity index (χ2n) is 16.2. The third kappa shape index (κ3) is 6.63. The zero-order valence-electron chi connectivity index (χ0n) is 32.0. The molecule has 0 N–H and O–H groups in total. The van der Waals surface area contributed by atoms with Crippen molar-refractivity contribution in [2.75, 3.05) is 0 Å². The summed E-state index contributed by atoms with van der Waals surface area (Å²) in [6.07, 6.45) is 4.90. The fourth-order valence-corrected chi connectivity index (χ4v) is 28.1. The van der Waals surface area contributed by atoms with E-state index in [1.807, 2.05) is 26.0 Å². The molecule has 0 saturated heterocycles. The van der Waals surface area contributed by atoms with Crippen molar-refractivity contribution < 1.29 is 26.2 Å². The maximum absolute atomic E-state index is 6.65. The van der Waals surface area contributed by atoms with Crippen LogP contribution in [0.4, 0.5) is 0 Å². The molecule has 2 aliphatic rings. The summed E-state index contributed by atoms with van der Waals surface area (Å²) in [7, 11) is 0. The molecule has 0 spiro atoms. The Balaban J connectivity index is 0.00000249. The molecule has 0 aliphatic heterocycles. The SMILES string of the molecule is Cc1ccc(C2=Cc3c(cc(C)c(C)c3-c3cccc(Cl)c3)[CH]2[Zr]([CH3])([CH3])(=[SiH2])[CH]2C(c3ccc(C)o3)=Cc3c2cc(C)c(C)c3-c2cccc(Cl)c2)o1.Cl.Cl. The molecule has 8 rings (SSSR count). The molecule has 0 amide bonds. The first-order chi connectivity index (χ1) is 24.6. The molecule has 2 atom stereocenters. The van der Waals surface area contributed by atoms with Crippen LogP contribution in [0.5, 0.6) is 0 Å². The van der Waals surface area contributed by atoms with E-state index < -0.39 is 17.4 Å². The number of rotatable bonds is 6. The van der Waals surface area contributed by atoms with E-state index in [2.05, 4.69) is 129 Å². The summed E-state index contributed by atoms with van der Waals surface area (Å²) in [5.74, 6) is 3.76. The van der Waals surface area contributed by atoms with Crippen molar-refractivity contribution in [3.8, 4) is 22.3 Å². The number of fused-ring (bicyclic) bond motifs is 2. The van der Waals surface area contributed by atoms with Crippen LogP contribution >= 0.6 is 48.0 Å². The molecular weight excluding hydrogens is 846 g/mol. The van der Waals surface area contributed by atoms with E-state index in [4.69, 9.17) is 32.0 Å². The van der Waals surface area contributed by atoms with Gasteiger partial charge < -0.3 is 0 Å². The van der Waals surface area contributed by atoms with Crippen LogP contribution < -0.4 is 0 Å². The van der Waals surface area contributed by atoms with Crippen LogP contribution in [-0.2, 0) is 17.4 Å². The summed E-state index contributed by atoms with van der Waals surface area (Å²) in [4.78, 5) is 0. The van der Waals surface area contributed by atoms with Gasteiger partial charge in [0.15, 0.2) is 0 Å². The normalized spacial score (nSPS) is 16.3. The van der Waals surface area contributed by atoms with Gasteiger partial charge in [-0.15, -0.1) is 24.8 Å². The van der Waals surface area contributed by atoms with Gasteiger partial charge in [-0.1, -0.05) is 0 Å². The van der Waals surface area contributed by atoms with Crippen LogP contribution in [0.25, 0.3) is 45.6 Å². The van der Waals surface area contributed by atoms with E-state index >= 15 is 0 Å². The van der Waals surface area contributed by atoms with Gasteiger partial charge in [-0.25, -0.2) is 0 Å². The van der Waals surface area contributed by atoms with Crippen molar-refractivity contribution in [2.24, 2.45) is 0 Å². The summed E-state index contributed by atoms with van der Waals surface area (Å²) < 4.78 is 18.8. The molecule has 54 heavy (non-hydrogen) atoms. The monoisotopic (exact) mass is 888 g/mol. The molecule has 2 aliphatic carbocycles. The molecule has 0 bridgehead atoms. The van der Waals surface area contributed by atoms with Crippen molar-refractivity contribution in [2.45, 2.75) is 58.1 Å². The molecule has 4 aromatic carbocycles. The first kappa shape index (κ1) is 40.8. The first-order valence-electron chi connectivity index (χ1n) is 18.1. The number of halogens is 4. The predicted molar refractivity (Wildman–Crippen MR) is 236 cm³/mol. The molecule has 2 aromatic heterocycles. The predicted octanol–water partition coefficient (Wildman–Crippen LogP) is 14.4. The Kier molecular flexibility index (Phi) is 11.0. The van der Waals surface area contributed by atoms with Gasteiger partial charge in [-0.05, 0) is 0 Å². The number of hydrogen-bond donors (Lipinski definition) is 0. The summed E-state index contributed by atoms with van der Waals surface area (Å²) in [6, 6.07) is 30.1. The quantitative estimate of drug-likeness (QED) is 0.156. The van der Waals surface area contributed by atoms with Crippen LogP contribution in [0, 0.1) is 41.5 Å². The van der Waals surface area contributed by atoms with Crippen LogP contribution in [0.3, 0.4) is 0 Å². The Bertz CT molecular complexity index is 2440. The second-order valence-corrected chi connectivity index (χ2v) is 47.6. The Hall–Kier alpha value is -2.82. The van der Waals surface area contributed by atoms with Crippen molar-refractivity contribution in [3.05, 3.63) is 163 Å². The maximum Gasteiger partial charge on any atom is -0.147 e. The number of allylic oxidation sites excluding steroid dienone is 2. The fourth-order valence-electron chi connectivity index (χ4n) is 9.37. The summed E-state index contributed by atoms with van der Waals surface area (Å²) in [5, 5.41) is 1.49. The van der Waals surface area contributed by atoms with Gasteiger partial charge in [0.2, 0.25) is 0 Å². The van der Waals surface area contributed by atoms with Gasteiger partial charge in [-0.2, -0.15) is 0 Å². The van der Waals surface area contributed by atoms with E-state index in [-0.39, 0.29) is 32.1 Å². The van der Waals surface area contributed by atoms with Gasteiger partial charge in [0, 0.05) is 0 Å². The molecular formula is C46H46Cl4O2SiZr. The minimum absolute atomic E-state index is 0. The summed E-state index contributed by atoms with van der Waals surface area (Å²) in [6.45, 7) is 15.4. The average molecular weight is 892 g/mol. The van der Waals surface area contributed by atoms with Crippen molar-refractivity contribution in [1.29, 1.82) is 0 Å². The maximum atomic E-state index is 6.65. The van der Waals surface area contributed by atoms with Crippen molar-refractivity contribution >= 4 is 78.2 Å². The molecule has 6 aromatic rings. The smallest absolute Gasteiger partial charge is 0.147 e. The number of benzene rings is 4. The van der Waals surface area contributed by atoms with Gasteiger partial charge in [0.25, 0.3) is 0 Å². The number of furan rings is 2. The zero-order chi connectivity index (χ0) is 36.9. The molecule has 2 nitrogen and oxygen atoms in total. The van der Waals surface area contributed by atoms with Crippen molar-refractivity contribution in [1.82, 2.24) is 0 Å². The Morgan fingerprint density at radius 1 is 0.556 bits per heavy atom. The minimum Gasteiger partial charge on any atom is -0.147 e. The van der Waals surface area contributed by atoms with E-state index in [1.54, 1.807) is 0 Å². The molecule has 0 saturated carbocycles. The molecule has 2 heterocycles. The average Bonchev–Trinajstić information content (AvgIpc) is 3.87. The van der Waals surface area contributed by atoms with E-state index in [1.165, 1.54) is 66.8 Å². The summed E-state index contributed by atoms with van der Waals surface area (Å²) in [5.41, 5.74) is 17.9. The Morgan fingerprint density at radius 2 is 0.944 bits per heavy atom. The molecule has 8 heteroatoms. The third-order valence-corrected chi connectivity index (χ3v) is 29.5. The standard InChI is InChI=1S/2C22H18ClO.2CH3.2ClH.H2Si.Zr/c2*1-13-9-17-10-18(21-8-7-14(2)24-21)12-20(17)22(15(13)3)16-5-4-6-19(23)11-16;;;;;;/h2*4-12H,1-3H3;2*1H3;2*1H;1H2;. The molecule has 278 valence electrons. The van der Waals surface area contributed by atoms with Gasteiger partial charge in [-0.3, -0.25) is 0 Å². The number of hydrogen-bond acceptors (Lipinski definition) is 2. The van der Waals surface area contributed by atoms with Crippen LogP contribution in [0.2, 0.25) is 19.3 Å². The molecule has 2 unspecified atom stereocenters. The van der Waals surface area contributed by atoms with Gasteiger partial charge >= 0.3 is 322 Å². The zero-order valence-corrected chi connectivity index (χ0v) is 39.0. The molecule has 0 fully saturated rings. The largest absolute Gasteiger partial charge is 0.147 e. The van der Waals surface area contributed by atoms with Gasteiger partial charge in [0.05, 0.1) is 0 Å². The van der Waals surface area contributed by atoms with E-state index in [9.17, 15) is 0 Å². The summed E-state index contributed by atoms with van der Waals surface area (Å²) >= 11 is 9.03. The molecule has 0 radical (unpaired) electrons. The Morgan fingerprint density at radius 3 is 1.28 bits per heavy atom. The van der Waals surface area contributed by atoms with E-state index in [0.29, 0.717) is 0 Å². The van der Waals surface area contributed by atoms with Crippen LogP contribution in [0.15, 0.2) is 93.8 Å². The second kappa shape index (κ2) is 14.6. The van der Waals surface area contributed by atoms with Crippen LogP contribution in [0.1, 0.15) is 74.8 Å². The fraction of sp³-hybridized carbons (Fsp3) is 0.217. The topological polar surface area (TPSA) is 26.3 Å². The van der Waals surface area contributed by atoms with Gasteiger partial charge in [0.1, 0.15) is 0 Å². The number of aryl methyl sites for hydroxylation is 4. The van der Waals surface area contributed by atoms with Crippen molar-refractivity contribution in [3.63, 3.8) is 0 Å². The minimum atomic E-state index is -4.26. The third-order valence-electron chi connectivity index (χ3n) is 11.9. The van der Waals surface area contributed by atoms with Crippen LogP contribution in [-0.4, -0.2) is 6.88 Å². The first-order valence-corrected chi connectivity index (χ1v) is 32.5.